The number of ether oxygens (including phenoxy) is 2. The second kappa shape index (κ2) is 8.65. The molecule has 36 heavy (non-hydrogen) atoms. The minimum Gasteiger partial charge on any atom is -0.507 e. The van der Waals surface area contributed by atoms with Gasteiger partial charge in [0.25, 0.3) is 5.78 Å². The van der Waals surface area contributed by atoms with Crippen LogP contribution >= 0.6 is 22.9 Å². The lowest BCUT2D eigenvalue weighted by atomic mass is 9.94. The van der Waals surface area contributed by atoms with Crippen LogP contribution in [0.25, 0.3) is 16.0 Å². The number of hydrogen-bond donors (Lipinski definition) is 1. The van der Waals surface area contributed by atoms with Crippen LogP contribution in [0.4, 0.5) is 5.13 Å². The van der Waals surface area contributed by atoms with Crippen molar-refractivity contribution in [2.45, 2.75) is 13.0 Å². The molecular weight excluding hydrogens is 500 g/mol. The van der Waals surface area contributed by atoms with Gasteiger partial charge in [0.05, 0.1) is 21.8 Å². The highest BCUT2D eigenvalue weighted by Crippen LogP contribution is 2.45. The Morgan fingerprint density at radius 2 is 1.78 bits per heavy atom. The predicted octanol–water partition coefficient (Wildman–Crippen LogP) is 5.66. The average molecular weight is 519 g/mol. The van der Waals surface area contributed by atoms with E-state index >= 15 is 0 Å². The number of carbonyl (C=O) groups excluding carboxylic acids is 2. The van der Waals surface area contributed by atoms with Crippen molar-refractivity contribution in [2.24, 2.45) is 0 Å². The Morgan fingerprint density at radius 1 is 1.03 bits per heavy atom. The molecule has 1 N–H and O–H groups in total. The minimum absolute atomic E-state index is 0.0159. The molecule has 1 aromatic heterocycles. The number of amides is 1. The van der Waals surface area contributed by atoms with E-state index < -0.39 is 17.7 Å². The number of benzene rings is 3. The van der Waals surface area contributed by atoms with E-state index in [-0.39, 0.29) is 11.3 Å². The van der Waals surface area contributed by atoms with Crippen LogP contribution in [0.2, 0.25) is 5.02 Å². The standard InChI is InChI=1S/C27H19ClN2O5S/c1-14-2-4-15(5-3-14)23-22(24(31)16-6-9-19-20(12-16)35-11-10-34-19)25(32)26(33)30(23)27-29-18-8-7-17(28)13-21(18)36-27/h2-9,12-13,23,31H,10-11H2,1H3/b24-22-. The number of hydrogen-bond acceptors (Lipinski definition) is 7. The molecule has 7 nitrogen and oxygen atoms in total. The van der Waals surface area contributed by atoms with Gasteiger partial charge in [-0.15, -0.1) is 0 Å². The Kier molecular flexibility index (Phi) is 5.43. The number of ketones is 1. The van der Waals surface area contributed by atoms with Crippen LogP contribution in [0.5, 0.6) is 11.5 Å². The molecule has 3 heterocycles. The lowest BCUT2D eigenvalue weighted by molar-refractivity contribution is -0.132. The first-order valence-corrected chi connectivity index (χ1v) is 12.4. The SMILES string of the molecule is Cc1ccc(C2/C(=C(/O)c3ccc4c(c3)OCCO4)C(=O)C(=O)N2c2nc3ccc(Cl)cc3s2)cc1. The molecule has 1 saturated heterocycles. The normalized spacial score (nSPS) is 18.7. The highest BCUT2D eigenvalue weighted by molar-refractivity contribution is 7.22. The van der Waals surface area contributed by atoms with Crippen LogP contribution in [0.1, 0.15) is 22.7 Å². The van der Waals surface area contributed by atoms with E-state index in [1.807, 2.05) is 31.2 Å². The quantitative estimate of drug-likeness (QED) is 0.214. The van der Waals surface area contributed by atoms with Gasteiger partial charge in [0.15, 0.2) is 16.6 Å². The van der Waals surface area contributed by atoms with E-state index in [1.165, 1.54) is 16.2 Å². The van der Waals surface area contributed by atoms with Gasteiger partial charge in [0.1, 0.15) is 19.0 Å². The van der Waals surface area contributed by atoms with Crippen molar-refractivity contribution in [2.75, 3.05) is 18.1 Å². The van der Waals surface area contributed by atoms with Crippen LogP contribution in [-0.4, -0.2) is 35.0 Å². The molecule has 4 aromatic rings. The Balaban J connectivity index is 1.54. The largest absolute Gasteiger partial charge is 0.507 e. The van der Waals surface area contributed by atoms with Crippen LogP contribution in [0.3, 0.4) is 0 Å². The molecule has 1 unspecified atom stereocenters. The summed E-state index contributed by atoms with van der Waals surface area (Å²) >= 11 is 7.41. The van der Waals surface area contributed by atoms with E-state index in [0.717, 1.165) is 10.3 Å². The lowest BCUT2D eigenvalue weighted by Gasteiger charge is -2.23. The molecule has 0 spiro atoms. The number of rotatable bonds is 3. The third-order valence-electron chi connectivity index (χ3n) is 6.20. The number of thiazole rings is 1. The second-order valence-corrected chi connectivity index (χ2v) is 9.99. The van der Waals surface area contributed by atoms with Crippen LogP contribution in [-0.2, 0) is 9.59 Å². The van der Waals surface area contributed by atoms with Crippen molar-refractivity contribution in [3.63, 3.8) is 0 Å². The molecular formula is C27H19ClN2O5S. The summed E-state index contributed by atoms with van der Waals surface area (Å²) in [6.07, 6.45) is 0. The molecule has 2 aliphatic rings. The first-order chi connectivity index (χ1) is 17.4. The maximum Gasteiger partial charge on any atom is 0.301 e. The van der Waals surface area contributed by atoms with E-state index in [2.05, 4.69) is 4.98 Å². The topological polar surface area (TPSA) is 89.0 Å². The third kappa shape index (κ3) is 3.70. The van der Waals surface area contributed by atoms with Gasteiger partial charge in [-0.25, -0.2) is 4.98 Å². The van der Waals surface area contributed by atoms with Crippen molar-refractivity contribution >= 4 is 55.7 Å². The summed E-state index contributed by atoms with van der Waals surface area (Å²) in [6, 6.07) is 16.8. The number of Topliss-reactive ketones (excluding diaryl/α,β-unsaturated/α-hetero) is 1. The van der Waals surface area contributed by atoms with Gasteiger partial charge < -0.3 is 14.6 Å². The number of fused-ring (bicyclic) bond motifs is 2. The first-order valence-electron chi connectivity index (χ1n) is 11.2. The van der Waals surface area contributed by atoms with Crippen molar-refractivity contribution in [1.29, 1.82) is 0 Å². The Bertz CT molecular complexity index is 1580. The zero-order valence-electron chi connectivity index (χ0n) is 19.0. The summed E-state index contributed by atoms with van der Waals surface area (Å²) in [5, 5.41) is 12.3. The summed E-state index contributed by atoms with van der Waals surface area (Å²) in [5.74, 6) is -0.812. The minimum atomic E-state index is -0.866. The first kappa shape index (κ1) is 22.6. The summed E-state index contributed by atoms with van der Waals surface area (Å²) < 4.78 is 12.0. The molecule has 3 aromatic carbocycles. The second-order valence-electron chi connectivity index (χ2n) is 8.55. The summed E-state index contributed by atoms with van der Waals surface area (Å²) in [5.41, 5.74) is 2.70. The highest BCUT2D eigenvalue weighted by atomic mass is 35.5. The molecule has 0 saturated carbocycles. The summed E-state index contributed by atoms with van der Waals surface area (Å²) in [4.78, 5) is 32.8. The fraction of sp³-hybridized carbons (Fsp3) is 0.148. The van der Waals surface area contributed by atoms with Gasteiger partial charge in [0, 0.05) is 10.6 Å². The molecule has 0 radical (unpaired) electrons. The monoisotopic (exact) mass is 518 g/mol. The number of aromatic nitrogens is 1. The predicted molar refractivity (Wildman–Crippen MR) is 138 cm³/mol. The van der Waals surface area contributed by atoms with Gasteiger partial charge in [-0.2, -0.15) is 0 Å². The molecule has 6 rings (SSSR count). The van der Waals surface area contributed by atoms with Gasteiger partial charge in [-0.1, -0.05) is 52.8 Å². The Hall–Kier alpha value is -3.88. The van der Waals surface area contributed by atoms with E-state index in [1.54, 1.807) is 36.4 Å². The molecule has 0 aliphatic carbocycles. The average Bonchev–Trinajstić information content (AvgIpc) is 3.41. The van der Waals surface area contributed by atoms with Gasteiger partial charge in [-0.05, 0) is 48.9 Å². The van der Waals surface area contributed by atoms with Crippen LogP contribution < -0.4 is 14.4 Å². The zero-order valence-corrected chi connectivity index (χ0v) is 20.6. The van der Waals surface area contributed by atoms with Gasteiger partial charge >= 0.3 is 5.91 Å². The number of halogens is 1. The fourth-order valence-corrected chi connectivity index (χ4v) is 5.70. The van der Waals surface area contributed by atoms with Crippen molar-refractivity contribution < 1.29 is 24.2 Å². The molecule has 0 bridgehead atoms. The highest BCUT2D eigenvalue weighted by Gasteiger charge is 2.48. The van der Waals surface area contributed by atoms with Crippen LogP contribution in [0.15, 0.2) is 66.2 Å². The third-order valence-corrected chi connectivity index (χ3v) is 7.45. The van der Waals surface area contributed by atoms with Crippen molar-refractivity contribution in [1.82, 2.24) is 4.98 Å². The number of aliphatic hydroxyl groups excluding tert-OH is 1. The maximum atomic E-state index is 13.4. The number of aliphatic hydroxyl groups is 1. The number of carbonyl (C=O) groups is 2. The maximum absolute atomic E-state index is 13.4. The van der Waals surface area contributed by atoms with Gasteiger partial charge in [-0.3, -0.25) is 14.5 Å². The van der Waals surface area contributed by atoms with Gasteiger partial charge in [0.2, 0.25) is 0 Å². The Labute approximate surface area is 215 Å². The molecule has 1 fully saturated rings. The lowest BCUT2D eigenvalue weighted by Crippen LogP contribution is -2.29. The summed E-state index contributed by atoms with van der Waals surface area (Å²) in [7, 11) is 0. The molecule has 2 aliphatic heterocycles. The van der Waals surface area contributed by atoms with Crippen molar-refractivity contribution in [3.05, 3.63) is 87.9 Å². The Morgan fingerprint density at radius 3 is 2.56 bits per heavy atom. The van der Waals surface area contributed by atoms with E-state index in [4.69, 9.17) is 21.1 Å². The van der Waals surface area contributed by atoms with Crippen LogP contribution in [0, 0.1) is 6.92 Å². The molecule has 9 heteroatoms. The molecule has 1 atom stereocenters. The smallest absolute Gasteiger partial charge is 0.301 e. The zero-order chi connectivity index (χ0) is 25.0. The molecule has 180 valence electrons. The fourth-order valence-electron chi connectivity index (χ4n) is 4.43. The number of anilines is 1. The summed E-state index contributed by atoms with van der Waals surface area (Å²) in [6.45, 7) is 2.77. The number of aryl methyl sites for hydroxylation is 1. The number of nitrogens with zero attached hydrogens (tertiary/aromatic N) is 2. The molecule has 1 amide bonds. The van der Waals surface area contributed by atoms with E-state index in [9.17, 15) is 14.7 Å². The van der Waals surface area contributed by atoms with E-state index in [0.29, 0.717) is 51.5 Å². The van der Waals surface area contributed by atoms with Crippen molar-refractivity contribution in [3.8, 4) is 11.5 Å².